The molecular weight excluding hydrogens is 188 g/mol. The Morgan fingerprint density at radius 1 is 0.933 bits per heavy atom. The lowest BCUT2D eigenvalue weighted by atomic mass is 10.2. The molecule has 0 atom stereocenters. The van der Waals surface area contributed by atoms with Gasteiger partial charge in [-0.3, -0.25) is 4.90 Å². The van der Waals surface area contributed by atoms with Gasteiger partial charge < -0.3 is 9.64 Å². The van der Waals surface area contributed by atoms with E-state index < -0.39 is 0 Å². The fraction of sp³-hybridized carbons (Fsp3) is 1.00. The predicted molar refractivity (Wildman–Crippen MR) is 64.3 cm³/mol. The Bertz CT molecular complexity index is 162. The minimum Gasteiger partial charge on any atom is -0.379 e. The van der Waals surface area contributed by atoms with E-state index in [4.69, 9.17) is 4.74 Å². The van der Waals surface area contributed by atoms with Crippen LogP contribution in [0.3, 0.4) is 0 Å². The molecule has 3 heteroatoms. The SMILES string of the molecule is CC(C)N1CCCCN(C)CCOCC1. The van der Waals surface area contributed by atoms with Crippen LogP contribution in [0.5, 0.6) is 0 Å². The topological polar surface area (TPSA) is 15.7 Å². The number of rotatable bonds is 1. The van der Waals surface area contributed by atoms with E-state index in [1.54, 1.807) is 0 Å². The predicted octanol–water partition coefficient (Wildman–Crippen LogP) is 1.44. The maximum Gasteiger partial charge on any atom is 0.0594 e. The van der Waals surface area contributed by atoms with Crippen molar-refractivity contribution in [2.45, 2.75) is 32.7 Å². The van der Waals surface area contributed by atoms with Crippen LogP contribution in [0.4, 0.5) is 0 Å². The zero-order valence-electron chi connectivity index (χ0n) is 10.5. The van der Waals surface area contributed by atoms with Crippen LogP contribution in [0.2, 0.25) is 0 Å². The number of nitrogens with zero attached hydrogens (tertiary/aromatic N) is 2. The summed E-state index contributed by atoms with van der Waals surface area (Å²) in [6, 6.07) is 0.645. The molecule has 1 saturated heterocycles. The van der Waals surface area contributed by atoms with Gasteiger partial charge in [-0.25, -0.2) is 0 Å². The van der Waals surface area contributed by atoms with E-state index in [9.17, 15) is 0 Å². The van der Waals surface area contributed by atoms with E-state index in [0.717, 1.165) is 26.3 Å². The van der Waals surface area contributed by atoms with Crippen LogP contribution in [0.15, 0.2) is 0 Å². The van der Waals surface area contributed by atoms with Gasteiger partial charge in [0, 0.05) is 19.1 Å². The van der Waals surface area contributed by atoms with E-state index in [1.807, 2.05) is 0 Å². The summed E-state index contributed by atoms with van der Waals surface area (Å²) in [5.41, 5.74) is 0. The molecule has 1 aliphatic heterocycles. The normalized spacial score (nSPS) is 24.0. The molecule has 0 saturated carbocycles. The first-order chi connectivity index (χ1) is 7.20. The van der Waals surface area contributed by atoms with E-state index in [1.165, 1.54) is 25.9 Å². The number of ether oxygens (including phenoxy) is 1. The summed E-state index contributed by atoms with van der Waals surface area (Å²) in [7, 11) is 2.18. The maximum atomic E-state index is 5.63. The summed E-state index contributed by atoms with van der Waals surface area (Å²) in [5.74, 6) is 0. The molecule has 0 amide bonds. The summed E-state index contributed by atoms with van der Waals surface area (Å²) >= 11 is 0. The summed E-state index contributed by atoms with van der Waals surface area (Å²) < 4.78 is 5.63. The monoisotopic (exact) mass is 214 g/mol. The largest absolute Gasteiger partial charge is 0.379 e. The van der Waals surface area contributed by atoms with E-state index in [-0.39, 0.29) is 0 Å². The van der Waals surface area contributed by atoms with Crippen LogP contribution in [0, 0.1) is 0 Å². The van der Waals surface area contributed by atoms with Crippen molar-refractivity contribution in [3.05, 3.63) is 0 Å². The lowest BCUT2D eigenvalue weighted by Crippen LogP contribution is -2.34. The molecule has 0 unspecified atom stereocenters. The highest BCUT2D eigenvalue weighted by Crippen LogP contribution is 2.03. The van der Waals surface area contributed by atoms with Crippen molar-refractivity contribution in [1.82, 2.24) is 9.80 Å². The molecule has 90 valence electrons. The van der Waals surface area contributed by atoms with Gasteiger partial charge >= 0.3 is 0 Å². The standard InChI is InChI=1S/C12H26N2O/c1-12(2)14-7-5-4-6-13(3)8-10-15-11-9-14/h12H,4-11H2,1-3H3. The Hall–Kier alpha value is -0.120. The maximum absolute atomic E-state index is 5.63. The lowest BCUT2D eigenvalue weighted by molar-refractivity contribution is 0.0851. The van der Waals surface area contributed by atoms with Gasteiger partial charge in [-0.15, -0.1) is 0 Å². The van der Waals surface area contributed by atoms with E-state index in [2.05, 4.69) is 30.7 Å². The second-order valence-corrected chi connectivity index (χ2v) is 4.75. The minimum absolute atomic E-state index is 0.645. The molecule has 3 nitrogen and oxygen atoms in total. The lowest BCUT2D eigenvalue weighted by Gasteiger charge is -2.25. The average molecular weight is 214 g/mol. The Labute approximate surface area is 94.4 Å². The minimum atomic E-state index is 0.645. The highest BCUT2D eigenvalue weighted by molar-refractivity contribution is 4.64. The fourth-order valence-corrected chi connectivity index (χ4v) is 1.94. The Balaban J connectivity index is 2.33. The van der Waals surface area contributed by atoms with Gasteiger partial charge in [-0.2, -0.15) is 0 Å². The summed E-state index contributed by atoms with van der Waals surface area (Å²) in [4.78, 5) is 4.89. The molecule has 1 heterocycles. The molecule has 0 bridgehead atoms. The van der Waals surface area contributed by atoms with Crippen molar-refractivity contribution in [2.24, 2.45) is 0 Å². The van der Waals surface area contributed by atoms with Gasteiger partial charge in [-0.05, 0) is 46.8 Å². The number of likely N-dealkylation sites (N-methyl/N-ethyl adjacent to an activating group) is 1. The molecule has 1 fully saturated rings. The van der Waals surface area contributed by atoms with Gasteiger partial charge in [0.2, 0.25) is 0 Å². The van der Waals surface area contributed by atoms with Crippen LogP contribution < -0.4 is 0 Å². The molecular formula is C12H26N2O. The van der Waals surface area contributed by atoms with Gasteiger partial charge in [0.05, 0.1) is 13.2 Å². The fourth-order valence-electron chi connectivity index (χ4n) is 1.94. The molecule has 0 N–H and O–H groups in total. The van der Waals surface area contributed by atoms with Crippen LogP contribution in [-0.4, -0.2) is 62.3 Å². The molecule has 0 aromatic heterocycles. The molecule has 1 aliphatic rings. The molecule has 0 radical (unpaired) electrons. The highest BCUT2D eigenvalue weighted by atomic mass is 16.5. The third-order valence-electron chi connectivity index (χ3n) is 3.11. The van der Waals surface area contributed by atoms with Crippen molar-refractivity contribution in [3.63, 3.8) is 0 Å². The third kappa shape index (κ3) is 5.50. The van der Waals surface area contributed by atoms with Crippen molar-refractivity contribution < 1.29 is 4.74 Å². The smallest absolute Gasteiger partial charge is 0.0594 e. The van der Waals surface area contributed by atoms with Crippen LogP contribution in [-0.2, 0) is 4.74 Å². The van der Waals surface area contributed by atoms with Gasteiger partial charge in [0.15, 0.2) is 0 Å². The Kier molecular flexibility index (Phi) is 6.22. The first-order valence-electron chi connectivity index (χ1n) is 6.20. The quantitative estimate of drug-likeness (QED) is 0.657. The summed E-state index contributed by atoms with van der Waals surface area (Å²) in [6.07, 6.45) is 2.61. The first-order valence-corrected chi connectivity index (χ1v) is 6.20. The van der Waals surface area contributed by atoms with Crippen molar-refractivity contribution in [2.75, 3.05) is 46.4 Å². The van der Waals surface area contributed by atoms with Crippen molar-refractivity contribution in [3.8, 4) is 0 Å². The molecule has 0 aromatic rings. The molecule has 0 aliphatic carbocycles. The number of hydrogen-bond donors (Lipinski definition) is 0. The van der Waals surface area contributed by atoms with Crippen LogP contribution in [0.25, 0.3) is 0 Å². The summed E-state index contributed by atoms with van der Waals surface area (Å²) in [5, 5.41) is 0. The molecule has 1 rings (SSSR count). The zero-order chi connectivity index (χ0) is 11.1. The van der Waals surface area contributed by atoms with Gasteiger partial charge in [-0.1, -0.05) is 0 Å². The second-order valence-electron chi connectivity index (χ2n) is 4.75. The second kappa shape index (κ2) is 7.20. The van der Waals surface area contributed by atoms with Crippen molar-refractivity contribution >= 4 is 0 Å². The Morgan fingerprint density at radius 2 is 1.60 bits per heavy atom. The Morgan fingerprint density at radius 3 is 2.33 bits per heavy atom. The first kappa shape index (κ1) is 12.9. The third-order valence-corrected chi connectivity index (χ3v) is 3.11. The van der Waals surface area contributed by atoms with Crippen LogP contribution in [0.1, 0.15) is 26.7 Å². The van der Waals surface area contributed by atoms with E-state index >= 15 is 0 Å². The zero-order valence-corrected chi connectivity index (χ0v) is 10.5. The highest BCUT2D eigenvalue weighted by Gasteiger charge is 2.10. The van der Waals surface area contributed by atoms with Crippen molar-refractivity contribution in [1.29, 1.82) is 0 Å². The van der Waals surface area contributed by atoms with Gasteiger partial charge in [0.1, 0.15) is 0 Å². The molecule has 0 spiro atoms. The summed E-state index contributed by atoms with van der Waals surface area (Å²) in [6.45, 7) is 10.9. The molecule has 15 heavy (non-hydrogen) atoms. The average Bonchev–Trinajstić information content (AvgIpc) is 2.23. The molecule has 0 aromatic carbocycles. The van der Waals surface area contributed by atoms with Gasteiger partial charge in [0.25, 0.3) is 0 Å². The number of hydrogen-bond acceptors (Lipinski definition) is 3. The van der Waals surface area contributed by atoms with E-state index in [0.29, 0.717) is 6.04 Å². The van der Waals surface area contributed by atoms with Crippen LogP contribution >= 0.6 is 0 Å².